The first-order valence-electron chi connectivity index (χ1n) is 12.9. The van der Waals surface area contributed by atoms with Gasteiger partial charge in [0.1, 0.15) is 9.28 Å². The third kappa shape index (κ3) is 6.87. The molecular weight excluding hydrogens is 577 g/mol. The fourth-order valence-electron chi connectivity index (χ4n) is 4.98. The van der Waals surface area contributed by atoms with Gasteiger partial charge in [-0.25, -0.2) is 0 Å². The maximum Gasteiger partial charge on any atom is 0.108 e. The molecule has 0 fully saturated rings. The van der Waals surface area contributed by atoms with E-state index in [4.69, 9.17) is 59.2 Å². The van der Waals surface area contributed by atoms with Gasteiger partial charge in [-0.1, -0.05) is 24.4 Å². The van der Waals surface area contributed by atoms with Crippen molar-refractivity contribution in [3.8, 4) is 0 Å². The molecule has 0 aromatic carbocycles. The van der Waals surface area contributed by atoms with Gasteiger partial charge in [-0.15, -0.1) is 48.8 Å². The molecule has 2 aromatic rings. The number of fused-ring (bicyclic) bond motifs is 2. The van der Waals surface area contributed by atoms with Crippen molar-refractivity contribution in [1.82, 2.24) is 9.13 Å². The second kappa shape index (κ2) is 12.7. The molecule has 0 amide bonds. The van der Waals surface area contributed by atoms with Gasteiger partial charge in [-0.2, -0.15) is 0 Å². The van der Waals surface area contributed by atoms with Crippen molar-refractivity contribution < 1.29 is 9.47 Å². The average molecular weight is 615 g/mol. The van der Waals surface area contributed by atoms with Crippen LogP contribution in [0.25, 0.3) is 0 Å². The average Bonchev–Trinajstić information content (AvgIpc) is 3.47. The molecule has 0 N–H and O–H groups in total. The first-order valence-corrected chi connectivity index (χ1v) is 16.6. The van der Waals surface area contributed by atoms with Crippen LogP contribution in [0.3, 0.4) is 0 Å². The molecule has 0 aliphatic carbocycles. The van der Waals surface area contributed by atoms with Gasteiger partial charge in [0.2, 0.25) is 0 Å². The first kappa shape index (κ1) is 30.0. The summed E-state index contributed by atoms with van der Waals surface area (Å²) in [5.74, 6) is 2.23. The van der Waals surface area contributed by atoms with Gasteiger partial charge in [0.25, 0.3) is 0 Å². The molecule has 2 aliphatic heterocycles. The van der Waals surface area contributed by atoms with Crippen LogP contribution in [-0.4, -0.2) is 47.1 Å². The highest BCUT2D eigenvalue weighted by atomic mass is 32.2. The molecule has 0 radical (unpaired) electrons. The Morgan fingerprint density at radius 1 is 0.757 bits per heavy atom. The maximum absolute atomic E-state index is 5.97. The molecule has 0 atom stereocenters. The van der Waals surface area contributed by atoms with Gasteiger partial charge in [0.05, 0.1) is 10.1 Å². The van der Waals surface area contributed by atoms with Crippen LogP contribution < -0.4 is 0 Å². The third-order valence-corrected chi connectivity index (χ3v) is 10.9. The molecule has 37 heavy (non-hydrogen) atoms. The SMILES string of the molecule is CC(C)(CCOCCCOCCC(C)(C)n1c(S)c2c(cc1=S)SCC2)n1c(S)c2c(cc1=S)SCC2. The lowest BCUT2D eigenvalue weighted by Crippen LogP contribution is -2.30. The van der Waals surface area contributed by atoms with Crippen molar-refractivity contribution in [3.05, 3.63) is 32.5 Å². The van der Waals surface area contributed by atoms with Crippen LogP contribution in [0, 0.1) is 9.28 Å². The van der Waals surface area contributed by atoms with Crippen LogP contribution in [0.5, 0.6) is 0 Å². The molecular formula is C27H38N2O2S6. The summed E-state index contributed by atoms with van der Waals surface area (Å²) in [5, 5.41) is 2.03. The van der Waals surface area contributed by atoms with Crippen LogP contribution in [0.2, 0.25) is 0 Å². The van der Waals surface area contributed by atoms with Crippen molar-refractivity contribution in [1.29, 1.82) is 0 Å². The zero-order valence-electron chi connectivity index (χ0n) is 22.2. The highest BCUT2D eigenvalue weighted by molar-refractivity contribution is 8.00. The van der Waals surface area contributed by atoms with E-state index in [1.807, 2.05) is 23.5 Å². The van der Waals surface area contributed by atoms with E-state index in [9.17, 15) is 0 Å². The fourth-order valence-corrected chi connectivity index (χ4v) is 9.74. The molecule has 4 heterocycles. The lowest BCUT2D eigenvalue weighted by atomic mass is 10.00. The van der Waals surface area contributed by atoms with E-state index in [1.165, 1.54) is 20.9 Å². The van der Waals surface area contributed by atoms with Gasteiger partial charge in [0, 0.05) is 58.8 Å². The summed E-state index contributed by atoms with van der Waals surface area (Å²) in [6.45, 7) is 11.6. The summed E-state index contributed by atoms with van der Waals surface area (Å²) in [7, 11) is 0. The van der Waals surface area contributed by atoms with Gasteiger partial charge >= 0.3 is 0 Å². The van der Waals surface area contributed by atoms with E-state index in [0.29, 0.717) is 26.4 Å². The van der Waals surface area contributed by atoms with Crippen molar-refractivity contribution in [2.75, 3.05) is 37.9 Å². The number of nitrogens with zero attached hydrogens (tertiary/aromatic N) is 2. The van der Waals surface area contributed by atoms with Gasteiger partial charge in [0.15, 0.2) is 0 Å². The van der Waals surface area contributed by atoms with Crippen LogP contribution in [0.1, 0.15) is 58.1 Å². The van der Waals surface area contributed by atoms with E-state index in [0.717, 1.165) is 62.9 Å². The van der Waals surface area contributed by atoms with E-state index in [2.05, 4.69) is 49.0 Å². The standard InChI is InChI=1S/C27H38N2O2S6/c1-26(2,28-22(32)16-20-18(24(28)34)6-14-36-20)8-12-30-10-5-11-31-13-9-27(3,4)29-23(33)17-21-19(25(29)35)7-15-37-21/h16-17,34-35H,5-15H2,1-4H3. The first-order chi connectivity index (χ1) is 17.5. The van der Waals surface area contributed by atoms with E-state index < -0.39 is 0 Å². The Kier molecular flexibility index (Phi) is 10.3. The summed E-state index contributed by atoms with van der Waals surface area (Å²) in [5.41, 5.74) is 2.36. The number of aromatic nitrogens is 2. The quantitative estimate of drug-likeness (QED) is 0.143. The number of ether oxygens (including phenoxy) is 2. The van der Waals surface area contributed by atoms with Gasteiger partial charge < -0.3 is 18.6 Å². The normalized spacial score (nSPS) is 15.3. The molecule has 4 rings (SSSR count). The lowest BCUT2D eigenvalue weighted by molar-refractivity contribution is 0.0608. The molecule has 4 nitrogen and oxygen atoms in total. The lowest BCUT2D eigenvalue weighted by Gasteiger charge is -2.31. The molecule has 2 aromatic heterocycles. The smallest absolute Gasteiger partial charge is 0.108 e. The Bertz CT molecular complexity index is 1160. The largest absolute Gasteiger partial charge is 0.381 e. The van der Waals surface area contributed by atoms with Crippen LogP contribution in [0.4, 0.5) is 0 Å². The minimum absolute atomic E-state index is 0.151. The van der Waals surface area contributed by atoms with Crippen molar-refractivity contribution in [2.45, 2.75) is 90.7 Å². The summed E-state index contributed by atoms with van der Waals surface area (Å²) in [4.78, 5) is 2.59. The summed E-state index contributed by atoms with van der Waals surface area (Å²) in [6.07, 6.45) is 4.76. The second-order valence-electron chi connectivity index (χ2n) is 10.9. The van der Waals surface area contributed by atoms with Crippen LogP contribution >= 0.6 is 73.2 Å². The Labute approximate surface area is 251 Å². The van der Waals surface area contributed by atoms with E-state index in [-0.39, 0.29) is 11.1 Å². The Hall–Kier alpha value is 0.0600. The topological polar surface area (TPSA) is 28.3 Å². The molecule has 0 saturated heterocycles. The summed E-state index contributed by atoms with van der Waals surface area (Å²) >= 11 is 24.9. The Balaban J connectivity index is 1.17. The molecule has 204 valence electrons. The second-order valence-corrected chi connectivity index (χ2v) is 14.8. The number of thiol groups is 2. The molecule has 0 saturated carbocycles. The van der Waals surface area contributed by atoms with Crippen LogP contribution in [0.15, 0.2) is 32.0 Å². The molecule has 10 heteroatoms. The highest BCUT2D eigenvalue weighted by Crippen LogP contribution is 2.39. The van der Waals surface area contributed by atoms with Crippen LogP contribution in [-0.2, 0) is 33.4 Å². The predicted molar refractivity (Wildman–Crippen MR) is 168 cm³/mol. The summed E-state index contributed by atoms with van der Waals surface area (Å²) in [6, 6.07) is 4.27. The number of pyridine rings is 2. The molecule has 0 spiro atoms. The minimum Gasteiger partial charge on any atom is -0.381 e. The van der Waals surface area contributed by atoms with E-state index >= 15 is 0 Å². The van der Waals surface area contributed by atoms with E-state index in [1.54, 1.807) is 0 Å². The minimum atomic E-state index is -0.151. The number of thioether (sulfide) groups is 2. The zero-order chi connectivity index (χ0) is 26.8. The summed E-state index contributed by atoms with van der Waals surface area (Å²) < 4.78 is 18.0. The van der Waals surface area contributed by atoms with Crippen molar-refractivity contribution >= 4 is 73.2 Å². The maximum atomic E-state index is 5.97. The number of hydrogen-bond acceptors (Lipinski definition) is 8. The molecule has 2 aliphatic rings. The van der Waals surface area contributed by atoms with Crippen molar-refractivity contribution in [3.63, 3.8) is 0 Å². The highest BCUT2D eigenvalue weighted by Gasteiger charge is 2.27. The Morgan fingerprint density at radius 3 is 1.57 bits per heavy atom. The molecule has 0 unspecified atom stereocenters. The van der Waals surface area contributed by atoms with Gasteiger partial charge in [-0.3, -0.25) is 0 Å². The number of hydrogen-bond donors (Lipinski definition) is 2. The van der Waals surface area contributed by atoms with Gasteiger partial charge in [-0.05, 0) is 83.1 Å². The Morgan fingerprint density at radius 2 is 1.16 bits per heavy atom. The van der Waals surface area contributed by atoms with Crippen molar-refractivity contribution in [2.24, 2.45) is 0 Å². The monoisotopic (exact) mass is 614 g/mol. The third-order valence-electron chi connectivity index (χ3n) is 7.23. The number of rotatable bonds is 12. The fraction of sp³-hybridized carbons (Fsp3) is 0.630. The zero-order valence-corrected chi connectivity index (χ0v) is 27.2. The predicted octanol–water partition coefficient (Wildman–Crippen LogP) is 8.00. The molecule has 0 bridgehead atoms.